The molecule has 21 heavy (non-hydrogen) atoms. The molecular formula is C11H11F3N6O. The number of anilines is 1. The second kappa shape index (κ2) is 5.87. The summed E-state index contributed by atoms with van der Waals surface area (Å²) in [6, 6.07) is 1.89. The highest BCUT2D eigenvalue weighted by molar-refractivity contribution is 6.02. The first-order valence-corrected chi connectivity index (χ1v) is 5.85. The van der Waals surface area contributed by atoms with E-state index in [0.29, 0.717) is 13.1 Å². The molecule has 0 aliphatic carbocycles. The standard InChI is InChI=1S/C11H11F3N6O/c12-11(13,14)9-2-1-7(5-16-9)17-10(21)8-6-20(4-3-15)19-18-8/h1-2,5-6H,3-4,15H2,(H,17,21). The fraction of sp³-hybridized carbons (Fsp3) is 0.273. The third-order valence-electron chi connectivity index (χ3n) is 2.44. The van der Waals surface area contributed by atoms with Crippen molar-refractivity contribution in [3.05, 3.63) is 35.9 Å². The van der Waals surface area contributed by atoms with Crippen molar-refractivity contribution in [2.45, 2.75) is 12.7 Å². The van der Waals surface area contributed by atoms with Gasteiger partial charge in [-0.2, -0.15) is 13.2 Å². The number of carbonyl (C=O) groups excluding carboxylic acids is 1. The number of rotatable bonds is 4. The van der Waals surface area contributed by atoms with Crippen molar-refractivity contribution in [1.29, 1.82) is 0 Å². The van der Waals surface area contributed by atoms with Gasteiger partial charge in [0.15, 0.2) is 5.69 Å². The van der Waals surface area contributed by atoms with Crippen molar-refractivity contribution in [3.63, 3.8) is 0 Å². The summed E-state index contributed by atoms with van der Waals surface area (Å²) in [6.45, 7) is 0.745. The normalized spacial score (nSPS) is 11.4. The minimum Gasteiger partial charge on any atom is -0.329 e. The maximum atomic E-state index is 12.3. The van der Waals surface area contributed by atoms with Gasteiger partial charge in [0, 0.05) is 6.54 Å². The predicted octanol–water partition coefficient (Wildman–Crippen LogP) is 0.903. The lowest BCUT2D eigenvalue weighted by Crippen LogP contribution is -2.14. The summed E-state index contributed by atoms with van der Waals surface area (Å²) in [4.78, 5) is 15.0. The van der Waals surface area contributed by atoms with Crippen LogP contribution in [0.2, 0.25) is 0 Å². The van der Waals surface area contributed by atoms with Crippen LogP contribution in [0.25, 0.3) is 0 Å². The molecule has 0 bridgehead atoms. The molecule has 0 aliphatic heterocycles. The molecule has 1 amide bonds. The number of alkyl halides is 3. The molecule has 2 aromatic heterocycles. The molecule has 0 saturated heterocycles. The molecule has 0 saturated carbocycles. The second-order valence-electron chi connectivity index (χ2n) is 4.04. The molecule has 112 valence electrons. The van der Waals surface area contributed by atoms with Crippen molar-refractivity contribution in [3.8, 4) is 0 Å². The van der Waals surface area contributed by atoms with Crippen LogP contribution in [0.3, 0.4) is 0 Å². The minimum atomic E-state index is -4.52. The van der Waals surface area contributed by atoms with Crippen LogP contribution in [-0.2, 0) is 12.7 Å². The van der Waals surface area contributed by atoms with Gasteiger partial charge in [-0.25, -0.2) is 4.98 Å². The van der Waals surface area contributed by atoms with Crippen molar-refractivity contribution < 1.29 is 18.0 Å². The molecular weight excluding hydrogens is 289 g/mol. The number of hydrogen-bond acceptors (Lipinski definition) is 5. The Morgan fingerprint density at radius 2 is 2.14 bits per heavy atom. The maximum absolute atomic E-state index is 12.3. The summed E-state index contributed by atoms with van der Waals surface area (Å²) < 4.78 is 38.4. The third-order valence-corrected chi connectivity index (χ3v) is 2.44. The van der Waals surface area contributed by atoms with Crippen LogP contribution in [0, 0.1) is 0 Å². The van der Waals surface area contributed by atoms with Crippen molar-refractivity contribution in [2.24, 2.45) is 5.73 Å². The lowest BCUT2D eigenvalue weighted by atomic mass is 10.3. The highest BCUT2D eigenvalue weighted by Crippen LogP contribution is 2.27. The Kier molecular flexibility index (Phi) is 4.17. The van der Waals surface area contributed by atoms with Crippen LogP contribution in [0.5, 0.6) is 0 Å². The van der Waals surface area contributed by atoms with Crippen LogP contribution in [0.1, 0.15) is 16.2 Å². The lowest BCUT2D eigenvalue weighted by molar-refractivity contribution is -0.141. The second-order valence-corrected chi connectivity index (χ2v) is 4.04. The van der Waals surface area contributed by atoms with E-state index < -0.39 is 17.8 Å². The van der Waals surface area contributed by atoms with Crippen LogP contribution in [-0.4, -0.2) is 32.4 Å². The zero-order valence-electron chi connectivity index (χ0n) is 10.6. The Labute approximate surface area is 117 Å². The van der Waals surface area contributed by atoms with Gasteiger partial charge in [0.1, 0.15) is 5.69 Å². The van der Waals surface area contributed by atoms with Crippen LogP contribution < -0.4 is 11.1 Å². The minimum absolute atomic E-state index is 0.0309. The third kappa shape index (κ3) is 3.75. The Bertz CT molecular complexity index is 622. The summed E-state index contributed by atoms with van der Waals surface area (Å²) in [7, 11) is 0. The summed E-state index contributed by atoms with van der Waals surface area (Å²) in [6.07, 6.45) is -2.21. The van der Waals surface area contributed by atoms with E-state index >= 15 is 0 Å². The summed E-state index contributed by atoms with van der Waals surface area (Å²) in [5, 5.41) is 9.69. The van der Waals surface area contributed by atoms with E-state index in [2.05, 4.69) is 20.6 Å². The molecule has 7 nitrogen and oxygen atoms in total. The van der Waals surface area contributed by atoms with E-state index in [0.717, 1.165) is 18.3 Å². The highest BCUT2D eigenvalue weighted by atomic mass is 19.4. The largest absolute Gasteiger partial charge is 0.433 e. The number of aromatic nitrogens is 4. The van der Waals surface area contributed by atoms with E-state index in [-0.39, 0.29) is 11.4 Å². The van der Waals surface area contributed by atoms with Crippen molar-refractivity contribution in [1.82, 2.24) is 20.0 Å². The molecule has 0 aliphatic rings. The topological polar surface area (TPSA) is 98.7 Å². The van der Waals surface area contributed by atoms with Gasteiger partial charge < -0.3 is 11.1 Å². The van der Waals surface area contributed by atoms with Gasteiger partial charge in [-0.3, -0.25) is 9.48 Å². The zero-order valence-corrected chi connectivity index (χ0v) is 10.6. The smallest absolute Gasteiger partial charge is 0.329 e. The maximum Gasteiger partial charge on any atom is 0.433 e. The Hall–Kier alpha value is -2.49. The van der Waals surface area contributed by atoms with E-state index in [1.807, 2.05) is 0 Å². The average Bonchev–Trinajstić information content (AvgIpc) is 2.87. The van der Waals surface area contributed by atoms with Gasteiger partial charge in [-0.1, -0.05) is 5.21 Å². The predicted molar refractivity (Wildman–Crippen MR) is 66.3 cm³/mol. The van der Waals surface area contributed by atoms with E-state index in [1.54, 1.807) is 0 Å². The van der Waals surface area contributed by atoms with Gasteiger partial charge >= 0.3 is 6.18 Å². The first-order valence-electron chi connectivity index (χ1n) is 5.85. The lowest BCUT2D eigenvalue weighted by Gasteiger charge is -2.06. The summed E-state index contributed by atoms with van der Waals surface area (Å²) in [5.41, 5.74) is 4.45. The Balaban J connectivity index is 2.05. The highest BCUT2D eigenvalue weighted by Gasteiger charge is 2.32. The van der Waals surface area contributed by atoms with E-state index in [4.69, 9.17) is 5.73 Å². The van der Waals surface area contributed by atoms with Crippen molar-refractivity contribution in [2.75, 3.05) is 11.9 Å². The average molecular weight is 300 g/mol. The van der Waals surface area contributed by atoms with Gasteiger partial charge in [0.2, 0.25) is 0 Å². The SMILES string of the molecule is NCCn1cc(C(=O)Nc2ccc(C(F)(F)F)nc2)nn1. The fourth-order valence-corrected chi connectivity index (χ4v) is 1.47. The number of nitrogens with one attached hydrogen (secondary N) is 1. The molecule has 0 unspecified atom stereocenters. The molecule has 0 aromatic carbocycles. The fourth-order valence-electron chi connectivity index (χ4n) is 1.47. The zero-order chi connectivity index (χ0) is 15.5. The number of carbonyl (C=O) groups is 1. The number of pyridine rings is 1. The molecule has 3 N–H and O–H groups in total. The summed E-state index contributed by atoms with van der Waals surface area (Å²) in [5.74, 6) is -0.597. The van der Waals surface area contributed by atoms with Crippen LogP contribution in [0.15, 0.2) is 24.5 Å². The number of amides is 1. The Morgan fingerprint density at radius 3 is 2.71 bits per heavy atom. The summed E-state index contributed by atoms with van der Waals surface area (Å²) >= 11 is 0. The van der Waals surface area contributed by atoms with Crippen LogP contribution in [0.4, 0.5) is 18.9 Å². The molecule has 10 heteroatoms. The number of nitrogens with two attached hydrogens (primary N) is 1. The molecule has 2 heterocycles. The van der Waals surface area contributed by atoms with Crippen molar-refractivity contribution >= 4 is 11.6 Å². The molecule has 0 radical (unpaired) electrons. The van der Waals surface area contributed by atoms with E-state index in [9.17, 15) is 18.0 Å². The number of halogens is 3. The van der Waals surface area contributed by atoms with Gasteiger partial charge in [-0.15, -0.1) is 5.10 Å². The van der Waals surface area contributed by atoms with E-state index in [1.165, 1.54) is 10.9 Å². The quantitative estimate of drug-likeness (QED) is 0.874. The molecule has 2 rings (SSSR count). The molecule has 0 fully saturated rings. The first kappa shape index (κ1) is 14.9. The Morgan fingerprint density at radius 1 is 1.38 bits per heavy atom. The van der Waals surface area contributed by atoms with Gasteiger partial charge in [-0.05, 0) is 12.1 Å². The monoisotopic (exact) mass is 300 g/mol. The first-order chi connectivity index (χ1) is 9.90. The number of hydrogen-bond donors (Lipinski definition) is 2. The molecule has 2 aromatic rings. The molecule has 0 atom stereocenters. The van der Waals surface area contributed by atoms with Crippen LogP contribution >= 0.6 is 0 Å². The van der Waals surface area contributed by atoms with Gasteiger partial charge in [0.05, 0.1) is 24.6 Å². The number of nitrogens with zero attached hydrogens (tertiary/aromatic N) is 4. The van der Waals surface area contributed by atoms with Gasteiger partial charge in [0.25, 0.3) is 5.91 Å². The molecule has 0 spiro atoms.